The van der Waals surface area contributed by atoms with Crippen LogP contribution in [0.3, 0.4) is 0 Å². The van der Waals surface area contributed by atoms with Gasteiger partial charge in [-0.15, -0.1) is 0 Å². The van der Waals surface area contributed by atoms with Gasteiger partial charge in [-0.3, -0.25) is 0 Å². The number of hydrogen-bond acceptors (Lipinski definition) is 5. The third-order valence-corrected chi connectivity index (χ3v) is 2.92. The van der Waals surface area contributed by atoms with Crippen LogP contribution in [0.1, 0.15) is 24.6 Å². The predicted molar refractivity (Wildman–Crippen MR) is 59.1 cm³/mol. The van der Waals surface area contributed by atoms with Crippen molar-refractivity contribution >= 4 is 0 Å². The Morgan fingerprint density at radius 1 is 1.56 bits per heavy atom. The van der Waals surface area contributed by atoms with Crippen LogP contribution in [0, 0.1) is 5.92 Å². The third-order valence-electron chi connectivity index (χ3n) is 2.92. The summed E-state index contributed by atoms with van der Waals surface area (Å²) in [7, 11) is 1.58. The molecule has 88 valence electrons. The minimum atomic E-state index is -0.0998. The Balaban J connectivity index is 2.09. The summed E-state index contributed by atoms with van der Waals surface area (Å²) in [4.78, 5) is 8.16. The zero-order chi connectivity index (χ0) is 11.4. The molecule has 2 rings (SSSR count). The molecule has 2 heterocycles. The van der Waals surface area contributed by atoms with Crippen LogP contribution in [0.2, 0.25) is 0 Å². The van der Waals surface area contributed by atoms with E-state index in [1.165, 1.54) is 6.33 Å². The standard InChI is InChI=1S/C11H17N3O2/c1-15-10-5-9(13-7-14-10)11(12)8-3-2-4-16-6-8/h5,7-8,11H,2-4,6,12H2,1H3. The molecule has 1 saturated heterocycles. The zero-order valence-electron chi connectivity index (χ0n) is 9.43. The van der Waals surface area contributed by atoms with Crippen molar-refractivity contribution in [2.24, 2.45) is 11.7 Å². The first-order valence-electron chi connectivity index (χ1n) is 5.50. The summed E-state index contributed by atoms with van der Waals surface area (Å²) in [5, 5.41) is 0. The SMILES string of the molecule is COc1cc(C(N)C2CCCOC2)ncn1. The molecule has 0 amide bonds. The zero-order valence-corrected chi connectivity index (χ0v) is 9.43. The normalized spacial score (nSPS) is 22.8. The van der Waals surface area contributed by atoms with Crippen LogP contribution >= 0.6 is 0 Å². The molecule has 1 aromatic rings. The van der Waals surface area contributed by atoms with Gasteiger partial charge in [-0.25, -0.2) is 9.97 Å². The van der Waals surface area contributed by atoms with Gasteiger partial charge in [-0.05, 0) is 12.8 Å². The number of nitrogens with zero attached hydrogens (tertiary/aromatic N) is 2. The maximum absolute atomic E-state index is 6.17. The number of ether oxygens (including phenoxy) is 2. The summed E-state index contributed by atoms with van der Waals surface area (Å²) >= 11 is 0. The highest BCUT2D eigenvalue weighted by atomic mass is 16.5. The highest BCUT2D eigenvalue weighted by Crippen LogP contribution is 2.26. The monoisotopic (exact) mass is 223 g/mol. The lowest BCUT2D eigenvalue weighted by atomic mass is 9.92. The van der Waals surface area contributed by atoms with Crippen molar-refractivity contribution in [3.8, 4) is 5.88 Å². The molecular weight excluding hydrogens is 206 g/mol. The van der Waals surface area contributed by atoms with Gasteiger partial charge in [0.25, 0.3) is 0 Å². The highest BCUT2D eigenvalue weighted by Gasteiger charge is 2.23. The van der Waals surface area contributed by atoms with Gasteiger partial charge in [0.1, 0.15) is 6.33 Å². The van der Waals surface area contributed by atoms with E-state index in [0.717, 1.165) is 25.1 Å². The molecule has 0 aliphatic carbocycles. The average molecular weight is 223 g/mol. The molecule has 1 fully saturated rings. The number of methoxy groups -OCH3 is 1. The lowest BCUT2D eigenvalue weighted by molar-refractivity contribution is 0.0442. The first-order valence-corrected chi connectivity index (χ1v) is 5.50. The van der Waals surface area contributed by atoms with Crippen molar-refractivity contribution in [1.82, 2.24) is 9.97 Å². The molecule has 0 spiro atoms. The second-order valence-corrected chi connectivity index (χ2v) is 3.99. The molecule has 2 atom stereocenters. The topological polar surface area (TPSA) is 70.3 Å². The lowest BCUT2D eigenvalue weighted by Crippen LogP contribution is -2.29. The summed E-state index contributed by atoms with van der Waals surface area (Å²) in [5.74, 6) is 0.894. The molecule has 1 aromatic heterocycles. The Hall–Kier alpha value is -1.20. The van der Waals surface area contributed by atoms with Crippen LogP contribution < -0.4 is 10.5 Å². The molecule has 2 N–H and O–H groups in total. The molecule has 16 heavy (non-hydrogen) atoms. The molecule has 1 aliphatic rings. The minimum absolute atomic E-state index is 0.0998. The van der Waals surface area contributed by atoms with Crippen molar-refractivity contribution in [3.63, 3.8) is 0 Å². The molecule has 0 aromatic carbocycles. The number of hydrogen-bond donors (Lipinski definition) is 1. The quantitative estimate of drug-likeness (QED) is 0.824. The van der Waals surface area contributed by atoms with Crippen molar-refractivity contribution in [1.29, 1.82) is 0 Å². The van der Waals surface area contributed by atoms with E-state index in [0.29, 0.717) is 18.4 Å². The van der Waals surface area contributed by atoms with E-state index in [1.54, 1.807) is 13.2 Å². The predicted octanol–water partition coefficient (Wildman–Crippen LogP) is 0.912. The van der Waals surface area contributed by atoms with E-state index < -0.39 is 0 Å². The Morgan fingerprint density at radius 2 is 2.44 bits per heavy atom. The summed E-state index contributed by atoms with van der Waals surface area (Å²) in [6.07, 6.45) is 3.64. The van der Waals surface area contributed by atoms with Crippen LogP contribution in [0.15, 0.2) is 12.4 Å². The minimum Gasteiger partial charge on any atom is -0.481 e. The summed E-state index contributed by atoms with van der Waals surface area (Å²) in [5.41, 5.74) is 6.99. The first kappa shape index (κ1) is 11.3. The summed E-state index contributed by atoms with van der Waals surface area (Å²) in [6.45, 7) is 1.56. The Bertz CT molecular complexity index is 340. The van der Waals surface area contributed by atoms with Gasteiger partial charge in [0.2, 0.25) is 5.88 Å². The van der Waals surface area contributed by atoms with E-state index >= 15 is 0 Å². The fraction of sp³-hybridized carbons (Fsp3) is 0.636. The summed E-state index contributed by atoms with van der Waals surface area (Å²) in [6, 6.07) is 1.69. The van der Waals surface area contributed by atoms with Gasteiger partial charge >= 0.3 is 0 Å². The molecule has 2 unspecified atom stereocenters. The van der Waals surface area contributed by atoms with E-state index in [9.17, 15) is 0 Å². The van der Waals surface area contributed by atoms with Gasteiger partial charge in [-0.1, -0.05) is 0 Å². The van der Waals surface area contributed by atoms with E-state index in [-0.39, 0.29) is 6.04 Å². The smallest absolute Gasteiger partial charge is 0.216 e. The first-order chi connectivity index (χ1) is 7.81. The van der Waals surface area contributed by atoms with Gasteiger partial charge in [0.05, 0.1) is 25.5 Å². The molecule has 0 radical (unpaired) electrons. The van der Waals surface area contributed by atoms with Crippen molar-refractivity contribution < 1.29 is 9.47 Å². The number of rotatable bonds is 3. The number of nitrogens with two attached hydrogens (primary N) is 1. The largest absolute Gasteiger partial charge is 0.481 e. The van der Waals surface area contributed by atoms with Gasteiger partial charge < -0.3 is 15.2 Å². The van der Waals surface area contributed by atoms with E-state index in [2.05, 4.69) is 9.97 Å². The van der Waals surface area contributed by atoms with Crippen LogP contribution in [0.5, 0.6) is 5.88 Å². The van der Waals surface area contributed by atoms with Gasteiger partial charge in [0.15, 0.2) is 0 Å². The maximum Gasteiger partial charge on any atom is 0.216 e. The van der Waals surface area contributed by atoms with Crippen molar-refractivity contribution in [2.75, 3.05) is 20.3 Å². The van der Waals surface area contributed by atoms with Crippen molar-refractivity contribution in [3.05, 3.63) is 18.1 Å². The second-order valence-electron chi connectivity index (χ2n) is 3.99. The Kier molecular flexibility index (Phi) is 3.69. The number of aromatic nitrogens is 2. The van der Waals surface area contributed by atoms with Crippen LogP contribution in [-0.4, -0.2) is 30.3 Å². The van der Waals surface area contributed by atoms with Gasteiger partial charge in [-0.2, -0.15) is 0 Å². The van der Waals surface area contributed by atoms with E-state index in [4.69, 9.17) is 15.2 Å². The molecule has 5 heteroatoms. The molecule has 5 nitrogen and oxygen atoms in total. The van der Waals surface area contributed by atoms with Crippen molar-refractivity contribution in [2.45, 2.75) is 18.9 Å². The Labute approximate surface area is 95.0 Å². The Morgan fingerprint density at radius 3 is 3.12 bits per heavy atom. The lowest BCUT2D eigenvalue weighted by Gasteiger charge is -2.27. The maximum atomic E-state index is 6.17. The fourth-order valence-electron chi connectivity index (χ4n) is 1.94. The fourth-order valence-corrected chi connectivity index (χ4v) is 1.94. The van der Waals surface area contributed by atoms with Crippen LogP contribution in [0.25, 0.3) is 0 Å². The van der Waals surface area contributed by atoms with E-state index in [1.807, 2.05) is 0 Å². The average Bonchev–Trinajstić information content (AvgIpc) is 2.39. The summed E-state index contributed by atoms with van der Waals surface area (Å²) < 4.78 is 10.5. The molecule has 1 aliphatic heterocycles. The molecule has 0 bridgehead atoms. The highest BCUT2D eigenvalue weighted by molar-refractivity contribution is 5.16. The molecule has 0 saturated carbocycles. The molecular formula is C11H17N3O2. The van der Waals surface area contributed by atoms with Crippen LogP contribution in [-0.2, 0) is 4.74 Å². The third kappa shape index (κ3) is 2.48. The second kappa shape index (κ2) is 5.23. The van der Waals surface area contributed by atoms with Gasteiger partial charge in [0, 0.05) is 18.6 Å². The van der Waals surface area contributed by atoms with Crippen LogP contribution in [0.4, 0.5) is 0 Å².